The first kappa shape index (κ1) is 12.2. The number of rotatable bonds is 2. The number of hydrogen-bond donors (Lipinski definition) is 0. The molecule has 0 radical (unpaired) electrons. The van der Waals surface area contributed by atoms with Crippen molar-refractivity contribution in [2.75, 3.05) is 5.75 Å². The molecule has 0 bridgehead atoms. The fraction of sp³-hybridized carbons (Fsp3) is 0.556. The molecule has 0 aromatic carbocycles. The van der Waals surface area contributed by atoms with Crippen molar-refractivity contribution in [1.29, 1.82) is 0 Å². The van der Waals surface area contributed by atoms with E-state index in [0.717, 1.165) is 3.79 Å². The Balaban J connectivity index is 2.98. The van der Waals surface area contributed by atoms with Crippen LogP contribution in [0.1, 0.15) is 20.8 Å². The minimum absolute atomic E-state index is 0.187. The Kier molecular flexibility index (Phi) is 3.44. The highest BCUT2D eigenvalue weighted by molar-refractivity contribution is 9.11. The van der Waals surface area contributed by atoms with Gasteiger partial charge in [0.05, 0.1) is 9.54 Å². The van der Waals surface area contributed by atoms with Gasteiger partial charge in [0.25, 0.3) is 0 Å². The predicted octanol–water partition coefficient (Wildman–Crippen LogP) is 3.33. The monoisotopic (exact) mass is 296 g/mol. The van der Waals surface area contributed by atoms with Crippen molar-refractivity contribution in [2.45, 2.75) is 25.0 Å². The van der Waals surface area contributed by atoms with E-state index < -0.39 is 9.84 Å². The van der Waals surface area contributed by atoms with Crippen LogP contribution in [0.15, 0.2) is 20.1 Å². The number of hydrogen-bond acceptors (Lipinski definition) is 3. The van der Waals surface area contributed by atoms with Crippen molar-refractivity contribution in [3.05, 3.63) is 15.9 Å². The van der Waals surface area contributed by atoms with Gasteiger partial charge in [0.2, 0.25) is 0 Å². The summed E-state index contributed by atoms with van der Waals surface area (Å²) in [6, 6.07) is 3.41. The molecule has 0 aliphatic carbocycles. The van der Waals surface area contributed by atoms with Gasteiger partial charge in [-0.15, -0.1) is 11.3 Å². The average Bonchev–Trinajstić information content (AvgIpc) is 2.29. The quantitative estimate of drug-likeness (QED) is 0.839. The summed E-state index contributed by atoms with van der Waals surface area (Å²) in [7, 11) is -3.11. The highest BCUT2D eigenvalue weighted by atomic mass is 79.9. The molecule has 2 nitrogen and oxygen atoms in total. The maximum absolute atomic E-state index is 11.9. The molecule has 0 amide bonds. The first-order chi connectivity index (χ1) is 6.21. The first-order valence-electron chi connectivity index (χ1n) is 4.19. The summed E-state index contributed by atoms with van der Waals surface area (Å²) in [5.74, 6) is 0.187. The van der Waals surface area contributed by atoms with Crippen molar-refractivity contribution in [2.24, 2.45) is 5.41 Å². The van der Waals surface area contributed by atoms with Gasteiger partial charge in [0.15, 0.2) is 9.84 Å². The third-order valence-corrected chi connectivity index (χ3v) is 5.90. The van der Waals surface area contributed by atoms with Crippen molar-refractivity contribution in [3.63, 3.8) is 0 Å². The summed E-state index contributed by atoms with van der Waals surface area (Å²) in [6.07, 6.45) is 0. The molecule has 0 fully saturated rings. The fourth-order valence-electron chi connectivity index (χ4n) is 1.11. The first-order valence-corrected chi connectivity index (χ1v) is 7.45. The molecule has 0 saturated heterocycles. The van der Waals surface area contributed by atoms with Crippen molar-refractivity contribution in [1.82, 2.24) is 0 Å². The van der Waals surface area contributed by atoms with E-state index in [1.165, 1.54) is 11.3 Å². The van der Waals surface area contributed by atoms with Crippen molar-refractivity contribution < 1.29 is 8.42 Å². The van der Waals surface area contributed by atoms with E-state index in [0.29, 0.717) is 4.21 Å². The lowest BCUT2D eigenvalue weighted by molar-refractivity contribution is 0.462. The summed E-state index contributed by atoms with van der Waals surface area (Å²) in [4.78, 5) is 0. The molecule has 80 valence electrons. The van der Waals surface area contributed by atoms with Gasteiger partial charge in [-0.1, -0.05) is 20.8 Å². The van der Waals surface area contributed by atoms with Crippen molar-refractivity contribution in [3.8, 4) is 0 Å². The Morgan fingerprint density at radius 3 is 2.29 bits per heavy atom. The van der Waals surface area contributed by atoms with Gasteiger partial charge in [-0.2, -0.15) is 0 Å². The summed E-state index contributed by atoms with van der Waals surface area (Å²) >= 11 is 4.52. The largest absolute Gasteiger partial charge is 0.223 e. The summed E-state index contributed by atoms with van der Waals surface area (Å²) in [5, 5.41) is 0. The van der Waals surface area contributed by atoms with Gasteiger partial charge in [-0.3, -0.25) is 0 Å². The van der Waals surface area contributed by atoms with Crippen LogP contribution in [0.3, 0.4) is 0 Å². The zero-order valence-corrected chi connectivity index (χ0v) is 11.6. The molecule has 14 heavy (non-hydrogen) atoms. The molecule has 1 heterocycles. The van der Waals surface area contributed by atoms with E-state index in [1.54, 1.807) is 12.1 Å². The van der Waals surface area contributed by atoms with Crippen LogP contribution >= 0.6 is 27.3 Å². The third kappa shape index (κ3) is 3.37. The molecule has 1 rings (SSSR count). The molecular formula is C9H13BrO2S2. The van der Waals surface area contributed by atoms with Gasteiger partial charge in [0, 0.05) is 0 Å². The molecule has 0 spiro atoms. The van der Waals surface area contributed by atoms with Crippen LogP contribution in [0, 0.1) is 5.41 Å². The van der Waals surface area contributed by atoms with Crippen LogP contribution in [-0.4, -0.2) is 14.2 Å². The summed E-state index contributed by atoms with van der Waals surface area (Å²) < 4.78 is 25.0. The van der Waals surface area contributed by atoms with Crippen molar-refractivity contribution >= 4 is 37.1 Å². The summed E-state index contributed by atoms with van der Waals surface area (Å²) in [5.41, 5.74) is -0.199. The normalized spacial score (nSPS) is 13.1. The minimum Gasteiger partial charge on any atom is -0.223 e. The predicted molar refractivity (Wildman–Crippen MR) is 63.5 cm³/mol. The second kappa shape index (κ2) is 3.94. The van der Waals surface area contributed by atoms with E-state index in [2.05, 4.69) is 15.9 Å². The highest BCUT2D eigenvalue weighted by Gasteiger charge is 2.24. The van der Waals surface area contributed by atoms with Gasteiger partial charge in [0.1, 0.15) is 4.21 Å². The Morgan fingerprint density at radius 1 is 1.36 bits per heavy atom. The number of halogens is 1. The van der Waals surface area contributed by atoms with Gasteiger partial charge in [-0.05, 0) is 33.5 Å². The van der Waals surface area contributed by atoms with E-state index in [4.69, 9.17) is 0 Å². The topological polar surface area (TPSA) is 34.1 Å². The molecule has 1 aromatic heterocycles. The van der Waals surface area contributed by atoms with Gasteiger partial charge in [-0.25, -0.2) is 8.42 Å². The van der Waals surface area contributed by atoms with Crippen LogP contribution in [0.5, 0.6) is 0 Å². The lowest BCUT2D eigenvalue weighted by Gasteiger charge is -2.16. The smallest absolute Gasteiger partial charge is 0.188 e. The van der Waals surface area contributed by atoms with E-state index in [1.807, 2.05) is 20.8 Å². The van der Waals surface area contributed by atoms with Gasteiger partial charge < -0.3 is 0 Å². The molecule has 0 aliphatic rings. The van der Waals surface area contributed by atoms with Crippen LogP contribution in [0.25, 0.3) is 0 Å². The second-order valence-corrected chi connectivity index (χ2v) is 9.06. The lowest BCUT2D eigenvalue weighted by Crippen LogP contribution is -2.20. The Hall–Kier alpha value is 0.130. The number of thiophene rings is 1. The molecule has 5 heteroatoms. The molecular weight excluding hydrogens is 284 g/mol. The number of sulfone groups is 1. The van der Waals surface area contributed by atoms with E-state index in [9.17, 15) is 8.42 Å². The zero-order valence-electron chi connectivity index (χ0n) is 8.37. The standard InChI is InChI=1S/C9H13BrO2S2/c1-9(2,3)6-14(11,12)8-5-4-7(10)13-8/h4-5H,6H2,1-3H3. The van der Waals surface area contributed by atoms with Crippen LogP contribution in [0.2, 0.25) is 0 Å². The summed E-state index contributed by atoms with van der Waals surface area (Å²) in [6.45, 7) is 5.77. The van der Waals surface area contributed by atoms with Crippen LogP contribution in [-0.2, 0) is 9.84 Å². The highest BCUT2D eigenvalue weighted by Crippen LogP contribution is 2.29. The SMILES string of the molecule is CC(C)(C)CS(=O)(=O)c1ccc(Br)s1. The Morgan fingerprint density at radius 2 is 1.93 bits per heavy atom. The lowest BCUT2D eigenvalue weighted by atomic mass is 10.0. The second-order valence-electron chi connectivity index (χ2n) is 4.38. The maximum Gasteiger partial charge on any atom is 0.188 e. The Bertz CT molecular complexity index is 412. The molecule has 0 saturated carbocycles. The average molecular weight is 297 g/mol. The third-order valence-electron chi connectivity index (χ3n) is 1.48. The molecule has 0 aliphatic heterocycles. The Labute approximate surface area is 97.4 Å². The van der Waals surface area contributed by atoms with E-state index in [-0.39, 0.29) is 11.2 Å². The zero-order chi connectivity index (χ0) is 11.0. The van der Waals surface area contributed by atoms with Gasteiger partial charge >= 0.3 is 0 Å². The molecule has 1 aromatic rings. The van der Waals surface area contributed by atoms with Crippen LogP contribution < -0.4 is 0 Å². The maximum atomic E-state index is 11.9. The van der Waals surface area contributed by atoms with E-state index >= 15 is 0 Å². The van der Waals surface area contributed by atoms with Crippen LogP contribution in [0.4, 0.5) is 0 Å². The minimum atomic E-state index is -3.11. The molecule has 0 unspecified atom stereocenters. The molecule has 0 N–H and O–H groups in total. The molecule has 0 atom stereocenters. The fourth-order valence-corrected chi connectivity index (χ4v) is 5.06.